The van der Waals surface area contributed by atoms with E-state index in [9.17, 15) is 51.6 Å². The van der Waals surface area contributed by atoms with Crippen molar-refractivity contribution >= 4 is 68.4 Å². The van der Waals surface area contributed by atoms with E-state index < -0.39 is 75.8 Å². The Bertz CT molecular complexity index is 3220. The number of rotatable bonds is 40. The zero-order chi connectivity index (χ0) is 71.6. The molecule has 24 heteroatoms. The molecular formula is C72H108N10O13S. The first kappa shape index (κ1) is 81.0. The van der Waals surface area contributed by atoms with Crippen LogP contribution in [0.1, 0.15) is 156 Å². The van der Waals surface area contributed by atoms with Crippen molar-refractivity contribution in [1.29, 1.82) is 0 Å². The number of urea groups is 1. The van der Waals surface area contributed by atoms with Crippen molar-refractivity contribution in [2.24, 2.45) is 53.1 Å². The second kappa shape index (κ2) is 39.7. The van der Waals surface area contributed by atoms with Gasteiger partial charge in [0, 0.05) is 121 Å². The number of ketones is 3. The zero-order valence-corrected chi connectivity index (χ0v) is 60.1. The summed E-state index contributed by atoms with van der Waals surface area (Å²) in [5, 5.41) is 11.0. The summed E-state index contributed by atoms with van der Waals surface area (Å²) in [6.45, 7) is 18.1. The van der Waals surface area contributed by atoms with E-state index in [4.69, 9.17) is 15.2 Å². The number of amides is 7. The van der Waals surface area contributed by atoms with Gasteiger partial charge >= 0.3 is 6.03 Å². The normalized spacial score (nSPS) is 16.4. The Morgan fingerprint density at radius 3 is 1.96 bits per heavy atom. The summed E-state index contributed by atoms with van der Waals surface area (Å²) in [5.74, 6) is 0.331. The van der Waals surface area contributed by atoms with Crippen LogP contribution in [0, 0.1) is 59.2 Å². The molecule has 530 valence electrons. The molecular weight excluding hydrogens is 1240 g/mol. The zero-order valence-electron chi connectivity index (χ0n) is 59.3. The molecule has 1 saturated heterocycles. The van der Waals surface area contributed by atoms with E-state index in [1.165, 1.54) is 19.5 Å². The highest BCUT2D eigenvalue weighted by Gasteiger charge is 2.44. The number of anilines is 1. The molecule has 6 N–H and O–H groups in total. The number of unbranched alkanes of at least 4 members (excludes halogenated alkanes) is 1. The Balaban J connectivity index is 1.43. The van der Waals surface area contributed by atoms with Crippen molar-refractivity contribution in [3.05, 3.63) is 83.7 Å². The molecule has 0 saturated carbocycles. The summed E-state index contributed by atoms with van der Waals surface area (Å²) in [6.07, 6.45) is 5.52. The third-order valence-corrected chi connectivity index (χ3v) is 19.2. The van der Waals surface area contributed by atoms with Gasteiger partial charge in [0.15, 0.2) is 11.6 Å². The van der Waals surface area contributed by atoms with Gasteiger partial charge in [-0.3, -0.25) is 43.3 Å². The van der Waals surface area contributed by atoms with Crippen molar-refractivity contribution in [3.8, 4) is 11.8 Å². The average molecular weight is 1350 g/mol. The first-order chi connectivity index (χ1) is 45.3. The van der Waals surface area contributed by atoms with E-state index in [-0.39, 0.29) is 134 Å². The fraction of sp³-hybridized carbons (Fsp3) is 0.625. The van der Waals surface area contributed by atoms with Gasteiger partial charge < -0.3 is 46.3 Å². The lowest BCUT2D eigenvalue weighted by Crippen LogP contribution is -2.54. The minimum Gasteiger partial charge on any atom is -0.379 e. The number of nitrogens with two attached hydrogens (primary N) is 1. The summed E-state index contributed by atoms with van der Waals surface area (Å²) >= 11 is 0. The lowest BCUT2D eigenvalue weighted by molar-refractivity contribution is -0.149. The third-order valence-electron chi connectivity index (χ3n) is 18.3. The van der Waals surface area contributed by atoms with Gasteiger partial charge in [-0.05, 0) is 99.6 Å². The largest absolute Gasteiger partial charge is 0.379 e. The smallest absolute Gasteiger partial charge is 0.312 e. The average Bonchev–Trinajstić information content (AvgIpc) is 1.89. The van der Waals surface area contributed by atoms with Crippen molar-refractivity contribution in [3.63, 3.8) is 0 Å². The molecule has 2 heterocycles. The van der Waals surface area contributed by atoms with E-state index in [0.29, 0.717) is 61.9 Å². The lowest BCUT2D eigenvalue weighted by atomic mass is 9.83. The second-order valence-electron chi connectivity index (χ2n) is 27.0. The first-order valence-corrected chi connectivity index (χ1v) is 35.6. The van der Waals surface area contributed by atoms with E-state index in [2.05, 4.69) is 43.1 Å². The Hall–Kier alpha value is -7.46. The van der Waals surface area contributed by atoms with Crippen molar-refractivity contribution < 1.29 is 61.0 Å². The summed E-state index contributed by atoms with van der Waals surface area (Å²) in [4.78, 5) is 137. The van der Waals surface area contributed by atoms with Gasteiger partial charge in [0.25, 0.3) is 0 Å². The van der Waals surface area contributed by atoms with Crippen molar-refractivity contribution in [2.45, 2.75) is 194 Å². The summed E-state index contributed by atoms with van der Waals surface area (Å²) in [7, 11) is 5.03. The molecule has 96 heavy (non-hydrogen) atoms. The molecule has 0 radical (unpaired) electrons. The second-order valence-corrected chi connectivity index (χ2v) is 28.9. The molecule has 0 unspecified atom stereocenters. The minimum absolute atomic E-state index is 0.0116. The maximum absolute atomic E-state index is 14.7. The molecule has 3 aromatic rings. The predicted octanol–water partition coefficient (Wildman–Crippen LogP) is 7.38. The van der Waals surface area contributed by atoms with Crippen LogP contribution in [-0.2, 0) is 70.6 Å². The highest BCUT2D eigenvalue weighted by atomic mass is 32.2. The van der Waals surface area contributed by atoms with Crippen molar-refractivity contribution in [1.82, 2.24) is 40.6 Å². The van der Waals surface area contributed by atoms with Crippen LogP contribution in [0.25, 0.3) is 0 Å². The van der Waals surface area contributed by atoms with Gasteiger partial charge in [0.1, 0.15) is 5.78 Å². The first-order valence-electron chi connectivity index (χ1n) is 33.7. The Morgan fingerprint density at radius 1 is 0.750 bits per heavy atom. The van der Waals surface area contributed by atoms with E-state index in [1.54, 1.807) is 69.0 Å². The van der Waals surface area contributed by atoms with Crippen LogP contribution >= 0.6 is 0 Å². The van der Waals surface area contributed by atoms with Gasteiger partial charge in [-0.15, -0.1) is 0 Å². The van der Waals surface area contributed by atoms with Crippen LogP contribution in [-0.4, -0.2) is 177 Å². The Morgan fingerprint density at radius 2 is 1.40 bits per heavy atom. The molecule has 0 spiro atoms. The monoisotopic (exact) mass is 1350 g/mol. The van der Waals surface area contributed by atoms with E-state index in [1.807, 2.05) is 90.9 Å². The van der Waals surface area contributed by atoms with Crippen LogP contribution < -0.4 is 27.0 Å². The Kier molecular flexibility index (Phi) is 33.5. The quantitative estimate of drug-likeness (QED) is 0.0211. The number of carbonyl (C=O) groups is 9. The minimum atomic E-state index is -3.56. The standard InChI is InChI=1S/C72H108N10O13S/c1-16-48(8)66(81(12)70(90)56(45(2)3)40-60(85)65(47(6)7)80(10)11)61(94-13)41-63(87)82-36-24-29-57(82)67(95-14)49(9)58(83)39-54(37-50-25-19-17-20-26-50)68(88)75-42-51-31-33-55(34-32-51)78-69(89)53(28-23-35-74-71(73)91)38-59(84)64(46(4)5)79-62(86)30-22-18-21-27-52-43-76-72(77-44-52)96(15,92)93/h17,19-20,25-26,31-34,43-49,53-54,56-57,61,64-67H,16,18,22-24,28-30,35-42H2,1-15H3,(H,75,88)(H,78,89)(H,79,86)(H3,73,74,91)/t48-,49-,53+,54+,56-,57-,61+,64-,65-,66-,67+/m0/s1. The third kappa shape index (κ3) is 25.2. The number of hydrogen-bond acceptors (Lipinski definition) is 16. The molecule has 23 nitrogen and oxygen atoms in total. The highest BCUT2D eigenvalue weighted by molar-refractivity contribution is 7.90. The van der Waals surface area contributed by atoms with Crippen LogP contribution in [0.3, 0.4) is 0 Å². The number of primary amides is 1. The highest BCUT2D eigenvalue weighted by Crippen LogP contribution is 2.33. The number of sulfone groups is 1. The van der Waals surface area contributed by atoms with Crippen LogP contribution in [0.4, 0.5) is 10.5 Å². The number of hydrogen-bond donors (Lipinski definition) is 5. The fourth-order valence-electron chi connectivity index (χ4n) is 12.9. The Labute approximate surface area is 570 Å². The number of nitrogens with zero attached hydrogens (tertiary/aromatic N) is 5. The van der Waals surface area contributed by atoms with E-state index >= 15 is 0 Å². The van der Waals surface area contributed by atoms with Crippen LogP contribution in [0.5, 0.6) is 0 Å². The molecule has 1 aromatic heterocycles. The number of Topliss-reactive ketones (excluding diaryl/α,β-unsaturated/α-hetero) is 3. The SMILES string of the molecule is CC[C@H](C)[C@@H]([C@@H](CC(=O)N1CCC[C@H]1[C@H](OC)[C@@H](C)C(=O)C[C@@H](Cc1ccccc1)C(=O)NCc1ccc(NC(=O)[C@H](CCCNC(N)=O)CC(=O)[C@@H](NC(=O)CCCC#Cc2cnc(S(C)(=O)=O)nc2)C(C)C)cc1)OC)N(C)C(=O)[C@@H](CC(=O)[C@H](C(C)C)N(C)C)C(C)C. The number of likely N-dealkylation sites (tertiary alicyclic amines) is 1. The molecule has 1 fully saturated rings. The molecule has 4 rings (SSSR count). The van der Waals surface area contributed by atoms with Gasteiger partial charge in [-0.1, -0.05) is 123 Å². The van der Waals surface area contributed by atoms with E-state index in [0.717, 1.165) is 11.8 Å². The summed E-state index contributed by atoms with van der Waals surface area (Å²) in [6, 6.07) is 13.3. The summed E-state index contributed by atoms with van der Waals surface area (Å²) in [5.41, 5.74) is 7.68. The molecule has 7 amide bonds. The van der Waals surface area contributed by atoms with Crippen LogP contribution in [0.2, 0.25) is 0 Å². The fourth-order valence-corrected chi connectivity index (χ4v) is 13.4. The number of likely N-dealkylation sites (N-methyl/N-ethyl adjacent to an activating group) is 2. The molecule has 0 aliphatic carbocycles. The molecule has 1 aliphatic rings. The molecule has 11 atom stereocenters. The van der Waals surface area contributed by atoms with Gasteiger partial charge in [0.05, 0.1) is 48.4 Å². The topological polar surface area (TPSA) is 316 Å². The number of ether oxygens (including phenoxy) is 2. The predicted molar refractivity (Wildman–Crippen MR) is 369 cm³/mol. The maximum atomic E-state index is 14.7. The van der Waals surface area contributed by atoms with Gasteiger partial charge in [0.2, 0.25) is 44.5 Å². The maximum Gasteiger partial charge on any atom is 0.312 e. The molecule has 0 bridgehead atoms. The summed E-state index contributed by atoms with van der Waals surface area (Å²) < 4.78 is 35.6. The van der Waals surface area contributed by atoms with Gasteiger partial charge in [-0.25, -0.2) is 23.2 Å². The molecule has 1 aliphatic heterocycles. The van der Waals surface area contributed by atoms with Gasteiger partial charge in [-0.2, -0.15) is 0 Å². The lowest BCUT2D eigenvalue weighted by Gasteiger charge is -2.41. The van der Waals surface area contributed by atoms with Crippen LogP contribution in [0.15, 0.2) is 72.1 Å². The number of benzene rings is 2. The van der Waals surface area contributed by atoms with Crippen molar-refractivity contribution in [2.75, 3.05) is 60.0 Å². The number of carbonyl (C=O) groups excluding carboxylic acids is 9. The number of methoxy groups -OCH3 is 2. The number of aromatic nitrogens is 2. The number of nitrogens with one attached hydrogen (secondary N) is 4. The molecule has 2 aromatic carbocycles.